The predicted molar refractivity (Wildman–Crippen MR) is 76.9 cm³/mol. The van der Waals surface area contributed by atoms with Crippen LogP contribution < -0.4 is 0 Å². The maximum absolute atomic E-state index is 11.9. The fraction of sp³-hybridized carbons (Fsp3) is 0.429. The molecule has 0 radical (unpaired) electrons. The largest absolute Gasteiger partial charge is 0.478 e. The normalized spacial score (nSPS) is 12.6. The molecule has 1 atom stereocenters. The zero-order valence-corrected chi connectivity index (χ0v) is 12.2. The van der Waals surface area contributed by atoms with E-state index in [0.29, 0.717) is 6.54 Å². The van der Waals surface area contributed by atoms with Crippen molar-refractivity contribution in [3.8, 4) is 0 Å². The molecule has 1 N–H and O–H groups in total. The molecule has 4 nitrogen and oxygen atoms in total. The lowest BCUT2D eigenvalue weighted by atomic mass is 10.1. The Hall–Kier alpha value is -1.62. The number of nitrogens with zero attached hydrogens (tertiary/aromatic N) is 1. The molecule has 1 unspecified atom stereocenters. The molecule has 1 amide bonds. The second-order valence-electron chi connectivity index (χ2n) is 4.52. The van der Waals surface area contributed by atoms with E-state index < -0.39 is 5.97 Å². The molecule has 0 aliphatic carbocycles. The van der Waals surface area contributed by atoms with Crippen molar-refractivity contribution in [2.75, 3.05) is 7.05 Å². The minimum atomic E-state index is -0.961. The minimum Gasteiger partial charge on any atom is -0.478 e. The molecule has 5 heteroatoms. The van der Waals surface area contributed by atoms with E-state index in [1.165, 1.54) is 11.3 Å². The average molecular weight is 281 g/mol. The highest BCUT2D eigenvalue weighted by Crippen LogP contribution is 2.18. The highest BCUT2D eigenvalue weighted by Gasteiger charge is 2.16. The van der Waals surface area contributed by atoms with E-state index in [2.05, 4.69) is 0 Å². The van der Waals surface area contributed by atoms with Crippen LogP contribution in [-0.2, 0) is 16.1 Å². The molecule has 0 aliphatic heterocycles. The number of carboxylic acid groups (broad SMARTS) is 1. The number of hydrogen-bond donors (Lipinski definition) is 1. The molecule has 0 spiro atoms. The van der Waals surface area contributed by atoms with Crippen molar-refractivity contribution in [3.63, 3.8) is 0 Å². The molecular formula is C14H19NO3S. The Labute approximate surface area is 117 Å². The summed E-state index contributed by atoms with van der Waals surface area (Å²) in [4.78, 5) is 25.1. The van der Waals surface area contributed by atoms with Gasteiger partial charge in [-0.05, 0) is 29.5 Å². The van der Waals surface area contributed by atoms with Gasteiger partial charge in [0.25, 0.3) is 0 Å². The average Bonchev–Trinajstić information content (AvgIpc) is 2.82. The smallest absolute Gasteiger partial charge is 0.328 e. The van der Waals surface area contributed by atoms with Crippen molar-refractivity contribution in [1.29, 1.82) is 0 Å². The van der Waals surface area contributed by atoms with Crippen molar-refractivity contribution in [2.45, 2.75) is 26.8 Å². The van der Waals surface area contributed by atoms with Gasteiger partial charge < -0.3 is 10.0 Å². The summed E-state index contributed by atoms with van der Waals surface area (Å²) in [5.74, 6) is -0.785. The Bertz CT molecular complexity index is 479. The van der Waals surface area contributed by atoms with Gasteiger partial charge in [0.1, 0.15) is 0 Å². The fourth-order valence-corrected chi connectivity index (χ4v) is 2.50. The van der Waals surface area contributed by atoms with E-state index in [4.69, 9.17) is 5.11 Å². The molecule has 0 saturated heterocycles. The molecule has 19 heavy (non-hydrogen) atoms. The molecule has 0 saturated carbocycles. The molecule has 1 aromatic heterocycles. The van der Waals surface area contributed by atoms with Crippen LogP contribution in [0.3, 0.4) is 0 Å². The highest BCUT2D eigenvalue weighted by atomic mass is 32.1. The van der Waals surface area contributed by atoms with Gasteiger partial charge in [-0.2, -0.15) is 0 Å². The summed E-state index contributed by atoms with van der Waals surface area (Å²) in [6, 6.07) is 1.91. The fourth-order valence-electron chi connectivity index (χ4n) is 1.60. The lowest BCUT2D eigenvalue weighted by Crippen LogP contribution is -2.30. The summed E-state index contributed by atoms with van der Waals surface area (Å²) in [6.45, 7) is 4.49. The second kappa shape index (κ2) is 7.09. The van der Waals surface area contributed by atoms with Crippen LogP contribution in [0.15, 0.2) is 17.5 Å². The maximum atomic E-state index is 11.9. The zero-order chi connectivity index (χ0) is 14.4. The summed E-state index contributed by atoms with van der Waals surface area (Å²) in [6.07, 6.45) is 3.50. The molecule has 1 heterocycles. The number of aliphatic carboxylic acids is 1. The molecule has 0 bridgehead atoms. The molecule has 0 fully saturated rings. The Balaban J connectivity index is 2.63. The van der Waals surface area contributed by atoms with E-state index >= 15 is 0 Å². The Morgan fingerprint density at radius 2 is 2.21 bits per heavy atom. The first-order valence-electron chi connectivity index (χ1n) is 6.17. The van der Waals surface area contributed by atoms with Crippen LogP contribution in [0.2, 0.25) is 0 Å². The Morgan fingerprint density at radius 3 is 2.79 bits per heavy atom. The molecule has 0 aromatic carbocycles. The van der Waals surface area contributed by atoms with Crippen molar-refractivity contribution >= 4 is 29.3 Å². The van der Waals surface area contributed by atoms with Gasteiger partial charge in [-0.15, -0.1) is 11.3 Å². The summed E-state index contributed by atoms with van der Waals surface area (Å²) in [7, 11) is 1.79. The molecule has 104 valence electrons. The topological polar surface area (TPSA) is 57.6 Å². The van der Waals surface area contributed by atoms with Gasteiger partial charge in [-0.25, -0.2) is 4.79 Å². The number of amides is 1. The first kappa shape index (κ1) is 15.4. The van der Waals surface area contributed by atoms with Crippen molar-refractivity contribution < 1.29 is 14.7 Å². The standard InChI is InChI=1S/C14H19NO3S/c1-4-10(2)14(18)15(3)8-12-7-11(9-19-12)5-6-13(16)17/h5-7,9-10H,4,8H2,1-3H3,(H,16,17). The van der Waals surface area contributed by atoms with Crippen LogP contribution in [0.4, 0.5) is 0 Å². The van der Waals surface area contributed by atoms with E-state index in [0.717, 1.165) is 22.9 Å². The van der Waals surface area contributed by atoms with Gasteiger partial charge in [0.05, 0.1) is 6.54 Å². The first-order chi connectivity index (χ1) is 8.93. The van der Waals surface area contributed by atoms with Gasteiger partial charge >= 0.3 is 5.97 Å². The molecular weight excluding hydrogens is 262 g/mol. The lowest BCUT2D eigenvalue weighted by molar-refractivity contribution is -0.134. The van der Waals surface area contributed by atoms with E-state index in [9.17, 15) is 9.59 Å². The third-order valence-corrected chi connectivity index (χ3v) is 3.84. The van der Waals surface area contributed by atoms with Crippen LogP contribution in [0.1, 0.15) is 30.7 Å². The van der Waals surface area contributed by atoms with Gasteiger partial charge in [0, 0.05) is 23.9 Å². The molecule has 1 aromatic rings. The zero-order valence-electron chi connectivity index (χ0n) is 11.4. The van der Waals surface area contributed by atoms with Gasteiger partial charge in [0.15, 0.2) is 0 Å². The van der Waals surface area contributed by atoms with E-state index in [1.54, 1.807) is 18.0 Å². The third-order valence-electron chi connectivity index (χ3n) is 2.90. The number of carbonyl (C=O) groups is 2. The lowest BCUT2D eigenvalue weighted by Gasteiger charge is -2.19. The summed E-state index contributed by atoms with van der Waals surface area (Å²) in [5.41, 5.74) is 0.854. The number of hydrogen-bond acceptors (Lipinski definition) is 3. The number of rotatable bonds is 6. The highest BCUT2D eigenvalue weighted by molar-refractivity contribution is 7.10. The van der Waals surface area contributed by atoms with Crippen LogP contribution >= 0.6 is 11.3 Å². The third kappa shape index (κ3) is 4.87. The van der Waals surface area contributed by atoms with Crippen LogP contribution in [-0.4, -0.2) is 28.9 Å². The van der Waals surface area contributed by atoms with Gasteiger partial charge in [-0.1, -0.05) is 13.8 Å². The quantitative estimate of drug-likeness (QED) is 0.816. The van der Waals surface area contributed by atoms with Crippen molar-refractivity contribution in [1.82, 2.24) is 4.90 Å². The number of thiophene rings is 1. The summed E-state index contributed by atoms with van der Waals surface area (Å²) < 4.78 is 0. The van der Waals surface area contributed by atoms with Crippen LogP contribution in [0, 0.1) is 5.92 Å². The van der Waals surface area contributed by atoms with Crippen molar-refractivity contribution in [2.24, 2.45) is 5.92 Å². The second-order valence-corrected chi connectivity index (χ2v) is 5.52. The number of carbonyl (C=O) groups excluding carboxylic acids is 1. The predicted octanol–water partition coefficient (Wildman–Crippen LogP) is 2.85. The monoisotopic (exact) mass is 281 g/mol. The minimum absolute atomic E-state index is 0.0383. The maximum Gasteiger partial charge on any atom is 0.328 e. The van der Waals surface area contributed by atoms with Crippen LogP contribution in [0.5, 0.6) is 0 Å². The summed E-state index contributed by atoms with van der Waals surface area (Å²) in [5, 5.41) is 10.4. The Kier molecular flexibility index (Phi) is 5.76. The van der Waals surface area contributed by atoms with Crippen molar-refractivity contribution in [3.05, 3.63) is 28.0 Å². The van der Waals surface area contributed by atoms with E-state index in [1.807, 2.05) is 25.3 Å². The molecule has 1 rings (SSSR count). The first-order valence-corrected chi connectivity index (χ1v) is 7.05. The van der Waals surface area contributed by atoms with Gasteiger partial charge in [-0.3, -0.25) is 4.79 Å². The SMILES string of the molecule is CCC(C)C(=O)N(C)Cc1cc(C=CC(=O)O)cs1. The van der Waals surface area contributed by atoms with E-state index in [-0.39, 0.29) is 11.8 Å². The number of carboxylic acids is 1. The molecule has 0 aliphatic rings. The van der Waals surface area contributed by atoms with Gasteiger partial charge in [0.2, 0.25) is 5.91 Å². The van der Waals surface area contributed by atoms with Crippen LogP contribution in [0.25, 0.3) is 6.08 Å². The summed E-state index contributed by atoms with van der Waals surface area (Å²) >= 11 is 1.53. The Morgan fingerprint density at radius 1 is 1.53 bits per heavy atom.